The summed E-state index contributed by atoms with van der Waals surface area (Å²) in [5, 5.41) is 14.8. The number of hydrogen-bond acceptors (Lipinski definition) is 4. The first-order valence-electron chi connectivity index (χ1n) is 9.68. The molecule has 0 spiro atoms. The van der Waals surface area contributed by atoms with E-state index in [1.807, 2.05) is 0 Å². The highest BCUT2D eigenvalue weighted by molar-refractivity contribution is 5.79. The van der Waals surface area contributed by atoms with E-state index < -0.39 is 0 Å². The molecule has 0 saturated heterocycles. The van der Waals surface area contributed by atoms with Crippen molar-refractivity contribution in [1.82, 2.24) is 25.4 Å². The number of aliphatic imine (C=N–C) groups is 1. The van der Waals surface area contributed by atoms with Gasteiger partial charge in [0.1, 0.15) is 12.2 Å². The molecule has 1 aliphatic heterocycles. The molecule has 0 atom stereocenters. The quantitative estimate of drug-likeness (QED) is 0.424. The molecular weight excluding hydrogens is 338 g/mol. The Labute approximate surface area is 161 Å². The molecule has 0 saturated carbocycles. The summed E-state index contributed by atoms with van der Waals surface area (Å²) in [6, 6.07) is 8.67. The molecule has 27 heavy (non-hydrogen) atoms. The van der Waals surface area contributed by atoms with Crippen LogP contribution < -0.4 is 15.5 Å². The third-order valence-corrected chi connectivity index (χ3v) is 4.54. The van der Waals surface area contributed by atoms with Crippen molar-refractivity contribution < 1.29 is 0 Å². The molecule has 2 N–H and O–H groups in total. The molecule has 0 fully saturated rings. The SMILES string of the molecule is CCNC(=NCc1ccc(N2CC=CC2)cc1)NCCn1cnnc1CC. The van der Waals surface area contributed by atoms with Gasteiger partial charge in [-0.2, -0.15) is 0 Å². The van der Waals surface area contributed by atoms with Crippen molar-refractivity contribution >= 4 is 11.6 Å². The van der Waals surface area contributed by atoms with Gasteiger partial charge in [0.15, 0.2) is 5.96 Å². The summed E-state index contributed by atoms with van der Waals surface area (Å²) in [6.07, 6.45) is 7.07. The average Bonchev–Trinajstić information content (AvgIpc) is 3.38. The molecule has 1 aromatic heterocycles. The van der Waals surface area contributed by atoms with Crippen LogP contribution in [0.2, 0.25) is 0 Å². The Balaban J connectivity index is 1.52. The van der Waals surface area contributed by atoms with E-state index in [-0.39, 0.29) is 0 Å². The average molecular weight is 368 g/mol. The first kappa shape index (κ1) is 18.9. The molecule has 0 amide bonds. The van der Waals surface area contributed by atoms with Crippen molar-refractivity contribution in [2.45, 2.75) is 33.4 Å². The van der Waals surface area contributed by atoms with Crippen molar-refractivity contribution in [1.29, 1.82) is 0 Å². The minimum Gasteiger partial charge on any atom is -0.364 e. The number of rotatable bonds is 8. The van der Waals surface area contributed by atoms with Crippen molar-refractivity contribution in [2.24, 2.45) is 4.99 Å². The Morgan fingerprint density at radius 1 is 1.11 bits per heavy atom. The number of benzene rings is 1. The van der Waals surface area contributed by atoms with Crippen LogP contribution in [0.15, 0.2) is 47.7 Å². The smallest absolute Gasteiger partial charge is 0.191 e. The minimum absolute atomic E-state index is 0.653. The molecule has 1 aliphatic rings. The van der Waals surface area contributed by atoms with E-state index in [0.717, 1.165) is 50.9 Å². The lowest BCUT2D eigenvalue weighted by molar-refractivity contribution is 0.632. The van der Waals surface area contributed by atoms with Crippen molar-refractivity contribution in [3.05, 3.63) is 54.1 Å². The third kappa shape index (κ3) is 5.32. The fraction of sp³-hybridized carbons (Fsp3) is 0.450. The zero-order chi connectivity index (χ0) is 18.9. The van der Waals surface area contributed by atoms with Gasteiger partial charge in [0.2, 0.25) is 0 Å². The second-order valence-corrected chi connectivity index (χ2v) is 6.46. The third-order valence-electron chi connectivity index (χ3n) is 4.54. The molecule has 7 heteroatoms. The molecule has 0 unspecified atom stereocenters. The lowest BCUT2D eigenvalue weighted by Gasteiger charge is -2.17. The van der Waals surface area contributed by atoms with E-state index >= 15 is 0 Å². The molecule has 2 aromatic rings. The molecule has 2 heterocycles. The van der Waals surface area contributed by atoms with E-state index in [2.05, 4.69) is 80.6 Å². The van der Waals surface area contributed by atoms with Crippen molar-refractivity contribution in [2.75, 3.05) is 31.1 Å². The number of anilines is 1. The maximum Gasteiger partial charge on any atom is 0.191 e. The standard InChI is InChI=1S/C20H29N7/c1-3-19-25-24-16-27(19)14-11-22-20(21-4-2)23-15-17-7-9-18(10-8-17)26-12-5-6-13-26/h5-10,16H,3-4,11-15H2,1-2H3,(H2,21,22,23). The molecule has 144 valence electrons. The molecular formula is C20H29N7. The summed E-state index contributed by atoms with van der Waals surface area (Å²) in [5.74, 6) is 1.84. The molecule has 7 nitrogen and oxygen atoms in total. The van der Waals surface area contributed by atoms with Gasteiger partial charge in [0.25, 0.3) is 0 Å². The first-order chi connectivity index (χ1) is 13.3. The van der Waals surface area contributed by atoms with Gasteiger partial charge < -0.3 is 20.1 Å². The van der Waals surface area contributed by atoms with E-state index in [4.69, 9.17) is 4.99 Å². The number of aromatic nitrogens is 3. The number of aryl methyl sites for hydroxylation is 1. The lowest BCUT2D eigenvalue weighted by Crippen LogP contribution is -2.38. The fourth-order valence-corrected chi connectivity index (χ4v) is 3.05. The van der Waals surface area contributed by atoms with Crippen molar-refractivity contribution in [3.8, 4) is 0 Å². The topological polar surface area (TPSA) is 70.4 Å². The van der Waals surface area contributed by atoms with Gasteiger partial charge in [-0.3, -0.25) is 0 Å². The highest BCUT2D eigenvalue weighted by atomic mass is 15.3. The summed E-state index contributed by atoms with van der Waals surface area (Å²) in [6.45, 7) is 9.24. The first-order valence-corrected chi connectivity index (χ1v) is 9.68. The van der Waals surface area contributed by atoms with E-state index in [1.165, 1.54) is 11.3 Å². The summed E-state index contributed by atoms with van der Waals surface area (Å²) in [4.78, 5) is 7.04. The predicted octanol–water partition coefficient (Wildman–Crippen LogP) is 1.97. The summed E-state index contributed by atoms with van der Waals surface area (Å²) >= 11 is 0. The minimum atomic E-state index is 0.653. The zero-order valence-electron chi connectivity index (χ0n) is 16.2. The number of hydrogen-bond donors (Lipinski definition) is 2. The van der Waals surface area contributed by atoms with Gasteiger partial charge in [-0.05, 0) is 24.6 Å². The van der Waals surface area contributed by atoms with E-state index in [1.54, 1.807) is 6.33 Å². The van der Waals surface area contributed by atoms with Gasteiger partial charge >= 0.3 is 0 Å². The van der Waals surface area contributed by atoms with Gasteiger partial charge in [-0.1, -0.05) is 31.2 Å². The normalized spacial score (nSPS) is 14.0. The second-order valence-electron chi connectivity index (χ2n) is 6.46. The zero-order valence-corrected chi connectivity index (χ0v) is 16.2. The Kier molecular flexibility index (Phi) is 6.84. The van der Waals surface area contributed by atoms with Crippen molar-refractivity contribution in [3.63, 3.8) is 0 Å². The molecule has 1 aromatic carbocycles. The van der Waals surface area contributed by atoms with Crippen LogP contribution in [0.3, 0.4) is 0 Å². The van der Waals surface area contributed by atoms with Gasteiger partial charge in [-0.15, -0.1) is 10.2 Å². The maximum absolute atomic E-state index is 4.70. The summed E-state index contributed by atoms with van der Waals surface area (Å²) < 4.78 is 2.07. The number of guanidine groups is 1. The largest absolute Gasteiger partial charge is 0.364 e. The van der Waals surface area contributed by atoms with Gasteiger partial charge in [0, 0.05) is 44.8 Å². The van der Waals surface area contributed by atoms with Gasteiger partial charge in [0.05, 0.1) is 6.54 Å². The van der Waals surface area contributed by atoms with Crippen LogP contribution in [0, 0.1) is 0 Å². The van der Waals surface area contributed by atoms with Crippen LogP contribution in [0.4, 0.5) is 5.69 Å². The van der Waals surface area contributed by atoms with E-state index in [9.17, 15) is 0 Å². The molecule has 0 radical (unpaired) electrons. The number of nitrogens with zero attached hydrogens (tertiary/aromatic N) is 5. The number of nitrogens with one attached hydrogen (secondary N) is 2. The van der Waals surface area contributed by atoms with Crippen LogP contribution in [0.1, 0.15) is 25.2 Å². The maximum atomic E-state index is 4.70. The molecule has 0 bridgehead atoms. The van der Waals surface area contributed by atoms with Crippen LogP contribution in [0.25, 0.3) is 0 Å². The summed E-state index contributed by atoms with van der Waals surface area (Å²) in [5.41, 5.74) is 2.47. The van der Waals surface area contributed by atoms with Gasteiger partial charge in [-0.25, -0.2) is 4.99 Å². The Morgan fingerprint density at radius 2 is 1.89 bits per heavy atom. The fourth-order valence-electron chi connectivity index (χ4n) is 3.05. The van der Waals surface area contributed by atoms with Crippen LogP contribution >= 0.6 is 0 Å². The molecule has 3 rings (SSSR count). The molecule has 0 aliphatic carbocycles. The van der Waals surface area contributed by atoms with Crippen LogP contribution in [0.5, 0.6) is 0 Å². The highest BCUT2D eigenvalue weighted by Gasteiger charge is 2.07. The van der Waals surface area contributed by atoms with Crippen LogP contribution in [-0.4, -0.2) is 46.9 Å². The highest BCUT2D eigenvalue weighted by Crippen LogP contribution is 2.17. The Bertz CT molecular complexity index is 753. The predicted molar refractivity (Wildman–Crippen MR) is 110 cm³/mol. The van der Waals surface area contributed by atoms with E-state index in [0.29, 0.717) is 6.54 Å². The summed E-state index contributed by atoms with van der Waals surface area (Å²) in [7, 11) is 0. The second kappa shape index (κ2) is 9.75. The monoisotopic (exact) mass is 367 g/mol. The Hall–Kier alpha value is -2.83. The Morgan fingerprint density at radius 3 is 2.59 bits per heavy atom. The van der Waals surface area contributed by atoms with Crippen LogP contribution in [-0.2, 0) is 19.5 Å². The lowest BCUT2D eigenvalue weighted by atomic mass is 10.2.